The third-order valence-corrected chi connectivity index (χ3v) is 5.97. The second-order valence-corrected chi connectivity index (χ2v) is 8.31. The first kappa shape index (κ1) is 24.9. The van der Waals surface area contributed by atoms with Crippen molar-refractivity contribution in [3.63, 3.8) is 0 Å². The van der Waals surface area contributed by atoms with E-state index >= 15 is 0 Å². The van der Waals surface area contributed by atoms with E-state index in [0.717, 1.165) is 12.8 Å². The molecule has 4 rings (SSSR count). The number of hydrogen-bond donors (Lipinski definition) is 0. The fourth-order valence-corrected chi connectivity index (χ4v) is 4.06. The van der Waals surface area contributed by atoms with Gasteiger partial charge in [0.25, 0.3) is 0 Å². The molecule has 1 saturated heterocycles. The molecule has 0 bridgehead atoms. The number of halogens is 4. The molecule has 1 aliphatic heterocycles. The van der Waals surface area contributed by atoms with Gasteiger partial charge in [-0.3, -0.25) is 0 Å². The van der Waals surface area contributed by atoms with Crippen molar-refractivity contribution >= 4 is 0 Å². The molecule has 0 radical (unpaired) electrons. The Kier molecular flexibility index (Phi) is 7.88. The lowest BCUT2D eigenvalue weighted by Gasteiger charge is -2.29. The van der Waals surface area contributed by atoms with Gasteiger partial charge < -0.3 is 14.2 Å². The van der Waals surface area contributed by atoms with Crippen molar-refractivity contribution in [2.75, 3.05) is 19.8 Å². The zero-order valence-electron chi connectivity index (χ0n) is 19.3. The van der Waals surface area contributed by atoms with E-state index in [2.05, 4.69) is 6.58 Å². The summed E-state index contributed by atoms with van der Waals surface area (Å²) in [7, 11) is 0. The van der Waals surface area contributed by atoms with Crippen LogP contribution in [-0.2, 0) is 9.47 Å². The normalized spacial score (nSPS) is 17.9. The minimum absolute atomic E-state index is 0.00280. The molecule has 3 aromatic rings. The van der Waals surface area contributed by atoms with Crippen LogP contribution >= 0.6 is 0 Å². The Morgan fingerprint density at radius 3 is 1.97 bits per heavy atom. The Morgan fingerprint density at radius 1 is 0.829 bits per heavy atom. The molecule has 0 atom stereocenters. The van der Waals surface area contributed by atoms with Gasteiger partial charge in [0.05, 0.1) is 19.8 Å². The highest BCUT2D eigenvalue weighted by Gasteiger charge is 2.28. The minimum Gasteiger partial charge on any atom is -0.491 e. The molecule has 1 fully saturated rings. The molecule has 0 aliphatic carbocycles. The number of allylic oxidation sites excluding steroid dienone is 1. The van der Waals surface area contributed by atoms with Crippen LogP contribution in [0.5, 0.6) is 5.75 Å². The lowest BCUT2D eigenvalue weighted by molar-refractivity contribution is -0.207. The van der Waals surface area contributed by atoms with Crippen LogP contribution in [0.15, 0.2) is 61.2 Å². The molecule has 1 heterocycles. The number of hydrogen-bond acceptors (Lipinski definition) is 3. The predicted molar refractivity (Wildman–Crippen MR) is 126 cm³/mol. The largest absolute Gasteiger partial charge is 0.491 e. The van der Waals surface area contributed by atoms with E-state index in [4.69, 9.17) is 14.2 Å². The summed E-state index contributed by atoms with van der Waals surface area (Å²) in [5.74, 6) is -4.17. The zero-order chi connectivity index (χ0) is 24.9. The van der Waals surface area contributed by atoms with E-state index in [9.17, 15) is 17.6 Å². The molecule has 0 unspecified atom stereocenters. The summed E-state index contributed by atoms with van der Waals surface area (Å²) in [6, 6.07) is 11.8. The molecule has 0 saturated carbocycles. The van der Waals surface area contributed by atoms with Gasteiger partial charge in [-0.05, 0) is 43.0 Å². The van der Waals surface area contributed by atoms with Crippen molar-refractivity contribution in [2.45, 2.75) is 26.1 Å². The number of rotatable bonds is 8. The maximum Gasteiger partial charge on any atom is 0.201 e. The lowest BCUT2D eigenvalue weighted by atomic mass is 9.98. The smallest absolute Gasteiger partial charge is 0.201 e. The summed E-state index contributed by atoms with van der Waals surface area (Å²) in [6.45, 7) is 6.36. The SMILES string of the molecule is C=CCCC1COC(c2ccc(-c3ccc(-c4ccc(OCC)c(F)c4F)cc3)c(F)c2F)OC1. The van der Waals surface area contributed by atoms with Crippen molar-refractivity contribution in [2.24, 2.45) is 5.92 Å². The van der Waals surface area contributed by atoms with E-state index < -0.39 is 29.6 Å². The molecular weight excluding hydrogens is 460 g/mol. The van der Waals surface area contributed by atoms with Crippen molar-refractivity contribution in [1.29, 1.82) is 0 Å². The number of ether oxygens (including phenoxy) is 3. The Balaban J connectivity index is 1.53. The molecule has 35 heavy (non-hydrogen) atoms. The molecule has 0 amide bonds. The average molecular weight is 487 g/mol. The predicted octanol–water partition coefficient (Wildman–Crippen LogP) is 7.60. The van der Waals surface area contributed by atoms with Gasteiger partial charge in [0.15, 0.2) is 29.5 Å². The Bertz CT molecular complexity index is 1190. The van der Waals surface area contributed by atoms with Gasteiger partial charge in [0.1, 0.15) is 0 Å². The highest BCUT2D eigenvalue weighted by Crippen LogP contribution is 2.35. The number of benzene rings is 3. The van der Waals surface area contributed by atoms with Crippen molar-refractivity contribution < 1.29 is 31.8 Å². The Labute approximate surface area is 202 Å². The summed E-state index contributed by atoms with van der Waals surface area (Å²) in [4.78, 5) is 0. The van der Waals surface area contributed by atoms with E-state index in [1.54, 1.807) is 6.92 Å². The first-order valence-corrected chi connectivity index (χ1v) is 11.5. The summed E-state index contributed by atoms with van der Waals surface area (Å²) >= 11 is 0. The molecule has 184 valence electrons. The van der Waals surface area contributed by atoms with Gasteiger partial charge in [-0.2, -0.15) is 4.39 Å². The Morgan fingerprint density at radius 2 is 1.40 bits per heavy atom. The fraction of sp³-hybridized carbons (Fsp3) is 0.286. The van der Waals surface area contributed by atoms with Gasteiger partial charge in [-0.25, -0.2) is 13.2 Å². The van der Waals surface area contributed by atoms with E-state index in [1.807, 2.05) is 6.08 Å². The third-order valence-electron chi connectivity index (χ3n) is 5.97. The van der Waals surface area contributed by atoms with E-state index in [0.29, 0.717) is 24.3 Å². The molecule has 3 aromatic carbocycles. The van der Waals surface area contributed by atoms with E-state index in [1.165, 1.54) is 48.5 Å². The van der Waals surface area contributed by atoms with Crippen LogP contribution in [0.2, 0.25) is 0 Å². The first-order chi connectivity index (χ1) is 16.9. The van der Waals surface area contributed by atoms with Crippen LogP contribution in [0.1, 0.15) is 31.6 Å². The fourth-order valence-electron chi connectivity index (χ4n) is 4.06. The van der Waals surface area contributed by atoms with Gasteiger partial charge in [0.2, 0.25) is 5.82 Å². The quantitative estimate of drug-likeness (QED) is 0.242. The maximum atomic E-state index is 15.0. The lowest BCUT2D eigenvalue weighted by Crippen LogP contribution is -2.27. The van der Waals surface area contributed by atoms with Gasteiger partial charge >= 0.3 is 0 Å². The van der Waals surface area contributed by atoms with Crippen LogP contribution in [0.25, 0.3) is 22.3 Å². The molecule has 3 nitrogen and oxygen atoms in total. The van der Waals surface area contributed by atoms with E-state index in [-0.39, 0.29) is 35.0 Å². The van der Waals surface area contributed by atoms with Crippen molar-refractivity contribution in [3.8, 4) is 28.0 Å². The standard InChI is InChI=1S/C28H26F4O3/c1-3-5-6-17-15-34-28(35-16-17)22-12-11-20(24(29)26(22)31)18-7-9-19(10-8-18)21-13-14-23(33-4-2)27(32)25(21)30/h3,7-14,17,28H,1,4-6,15-16H2,2H3. The van der Waals surface area contributed by atoms with Crippen LogP contribution in [0.3, 0.4) is 0 Å². The summed E-state index contributed by atoms with van der Waals surface area (Å²) in [5, 5.41) is 0. The maximum absolute atomic E-state index is 15.0. The zero-order valence-corrected chi connectivity index (χ0v) is 19.3. The van der Waals surface area contributed by atoms with Crippen LogP contribution in [0.4, 0.5) is 17.6 Å². The van der Waals surface area contributed by atoms with Gasteiger partial charge in [0, 0.05) is 22.6 Å². The second-order valence-electron chi connectivity index (χ2n) is 8.31. The summed E-state index contributed by atoms with van der Waals surface area (Å²) < 4.78 is 75.0. The molecular formula is C28H26F4O3. The van der Waals surface area contributed by atoms with Gasteiger partial charge in [-0.15, -0.1) is 6.58 Å². The molecule has 0 N–H and O–H groups in total. The van der Waals surface area contributed by atoms with Gasteiger partial charge in [-0.1, -0.05) is 42.5 Å². The average Bonchev–Trinajstić information content (AvgIpc) is 2.88. The monoisotopic (exact) mass is 486 g/mol. The Hall–Kier alpha value is -3.16. The summed E-state index contributed by atoms with van der Waals surface area (Å²) in [5.41, 5.74) is 0.851. The molecule has 0 spiro atoms. The third kappa shape index (κ3) is 5.26. The molecule has 7 heteroatoms. The molecule has 1 aliphatic rings. The molecule has 0 aromatic heterocycles. The minimum atomic E-state index is -1.07. The summed E-state index contributed by atoms with van der Waals surface area (Å²) in [6.07, 6.45) is 2.53. The first-order valence-electron chi connectivity index (χ1n) is 11.5. The van der Waals surface area contributed by atoms with Crippen LogP contribution < -0.4 is 4.74 Å². The van der Waals surface area contributed by atoms with Crippen LogP contribution in [0, 0.1) is 29.2 Å². The van der Waals surface area contributed by atoms with Crippen molar-refractivity contribution in [1.82, 2.24) is 0 Å². The second kappa shape index (κ2) is 11.1. The highest BCUT2D eigenvalue weighted by molar-refractivity contribution is 5.71. The van der Waals surface area contributed by atoms with Crippen molar-refractivity contribution in [3.05, 3.63) is 90.0 Å². The topological polar surface area (TPSA) is 27.7 Å². The highest BCUT2D eigenvalue weighted by atomic mass is 19.2. The van der Waals surface area contributed by atoms with Crippen LogP contribution in [-0.4, -0.2) is 19.8 Å².